The third-order valence-corrected chi connectivity index (χ3v) is 4.85. The lowest BCUT2D eigenvalue weighted by atomic mass is 9.86. The second-order valence-electron chi connectivity index (χ2n) is 6.43. The van der Waals surface area contributed by atoms with Gasteiger partial charge in [-0.3, -0.25) is 9.69 Å². The molecule has 1 aliphatic heterocycles. The van der Waals surface area contributed by atoms with Crippen LogP contribution in [0.1, 0.15) is 29.3 Å². The van der Waals surface area contributed by atoms with Crippen LogP contribution >= 0.6 is 0 Å². The Labute approximate surface area is 161 Å². The molecule has 3 N–H and O–H groups in total. The fourth-order valence-corrected chi connectivity index (χ4v) is 3.25. The quantitative estimate of drug-likeness (QED) is 0.711. The van der Waals surface area contributed by atoms with Gasteiger partial charge in [-0.05, 0) is 30.2 Å². The molecular weight excluding hydrogens is 365 g/mol. The van der Waals surface area contributed by atoms with Gasteiger partial charge in [0.25, 0.3) is 5.91 Å². The third kappa shape index (κ3) is 3.40. The zero-order chi connectivity index (χ0) is 20.3. The van der Waals surface area contributed by atoms with E-state index in [1.807, 2.05) is 0 Å². The molecular formula is C20H20FN3O4. The molecule has 8 heteroatoms. The first-order valence-electron chi connectivity index (χ1n) is 8.85. The number of benzene rings is 2. The van der Waals surface area contributed by atoms with Crippen LogP contribution in [0.15, 0.2) is 48.5 Å². The molecule has 1 saturated heterocycles. The van der Waals surface area contributed by atoms with Crippen LogP contribution < -0.4 is 15.5 Å². The van der Waals surface area contributed by atoms with Crippen molar-refractivity contribution in [3.8, 4) is 0 Å². The number of halogens is 1. The van der Waals surface area contributed by atoms with E-state index in [4.69, 9.17) is 0 Å². The second kappa shape index (κ2) is 7.67. The number of urea groups is 1. The largest absolute Gasteiger partial charge is 0.479 e. The summed E-state index contributed by atoms with van der Waals surface area (Å²) in [6.45, 7) is 2.47. The maximum Gasteiger partial charge on any atom is 0.334 e. The van der Waals surface area contributed by atoms with Crippen LogP contribution in [0.5, 0.6) is 0 Å². The standard InChI is InChI=1S/C20H20FN3O4/c1-2-20(18(26)27,13-6-4-3-5-7-13)23-17(25)15-12-14(8-9-16(15)21)24-11-10-22-19(24)28/h3-9,12H,2,10-11H2,1H3,(H,22,28)(H,23,25)(H,26,27). The molecule has 28 heavy (non-hydrogen) atoms. The lowest BCUT2D eigenvalue weighted by Gasteiger charge is -2.30. The maximum atomic E-state index is 14.4. The summed E-state index contributed by atoms with van der Waals surface area (Å²) in [4.78, 5) is 38.1. The van der Waals surface area contributed by atoms with Crippen LogP contribution in [0.4, 0.5) is 14.9 Å². The highest BCUT2D eigenvalue weighted by Crippen LogP contribution is 2.27. The van der Waals surface area contributed by atoms with Crippen LogP contribution in [-0.4, -0.2) is 36.1 Å². The Morgan fingerprint density at radius 2 is 1.96 bits per heavy atom. The first-order chi connectivity index (χ1) is 13.4. The number of hydrogen-bond donors (Lipinski definition) is 3. The topological polar surface area (TPSA) is 98.7 Å². The molecule has 3 rings (SSSR count). The summed E-state index contributed by atoms with van der Waals surface area (Å²) >= 11 is 0. The van der Waals surface area contributed by atoms with E-state index in [0.717, 1.165) is 6.07 Å². The summed E-state index contributed by atoms with van der Waals surface area (Å²) in [5.74, 6) is -2.92. The molecule has 7 nitrogen and oxygen atoms in total. The van der Waals surface area contributed by atoms with Crippen molar-refractivity contribution in [3.63, 3.8) is 0 Å². The van der Waals surface area contributed by atoms with Gasteiger partial charge in [0, 0.05) is 18.8 Å². The van der Waals surface area contributed by atoms with Gasteiger partial charge in [-0.1, -0.05) is 37.3 Å². The van der Waals surface area contributed by atoms with Gasteiger partial charge in [-0.15, -0.1) is 0 Å². The first kappa shape index (κ1) is 19.3. The molecule has 2 aromatic rings. The number of carboxylic acids is 1. The first-order valence-corrected chi connectivity index (χ1v) is 8.85. The fourth-order valence-electron chi connectivity index (χ4n) is 3.25. The zero-order valence-corrected chi connectivity index (χ0v) is 15.2. The Morgan fingerprint density at radius 3 is 2.54 bits per heavy atom. The number of nitrogens with zero attached hydrogens (tertiary/aromatic N) is 1. The highest BCUT2D eigenvalue weighted by atomic mass is 19.1. The molecule has 1 unspecified atom stereocenters. The smallest absolute Gasteiger partial charge is 0.334 e. The van der Waals surface area contributed by atoms with E-state index in [-0.39, 0.29) is 18.0 Å². The number of carbonyl (C=O) groups is 3. The van der Waals surface area contributed by atoms with Gasteiger partial charge in [0.05, 0.1) is 5.56 Å². The number of amides is 3. The van der Waals surface area contributed by atoms with E-state index in [1.54, 1.807) is 37.3 Å². The molecule has 1 heterocycles. The molecule has 0 aliphatic carbocycles. The molecule has 146 valence electrons. The van der Waals surface area contributed by atoms with Gasteiger partial charge in [-0.2, -0.15) is 0 Å². The summed E-state index contributed by atoms with van der Waals surface area (Å²) in [7, 11) is 0. The molecule has 0 spiro atoms. The Balaban J connectivity index is 1.96. The summed E-state index contributed by atoms with van der Waals surface area (Å²) < 4.78 is 14.4. The van der Waals surface area contributed by atoms with E-state index < -0.39 is 23.2 Å². The SMILES string of the molecule is CCC(NC(=O)c1cc(N2CCNC2=O)ccc1F)(C(=O)O)c1ccccc1. The maximum absolute atomic E-state index is 14.4. The van der Waals surface area contributed by atoms with Crippen LogP contribution in [0.25, 0.3) is 0 Å². The number of carboxylic acid groups (broad SMARTS) is 1. The number of aliphatic carboxylic acids is 1. The molecule has 3 amide bonds. The van der Waals surface area contributed by atoms with Gasteiger partial charge in [0.15, 0.2) is 5.54 Å². The van der Waals surface area contributed by atoms with Gasteiger partial charge in [0.1, 0.15) is 5.82 Å². The van der Waals surface area contributed by atoms with Crippen molar-refractivity contribution in [1.29, 1.82) is 0 Å². The van der Waals surface area contributed by atoms with E-state index >= 15 is 0 Å². The van der Waals surface area contributed by atoms with Crippen molar-refractivity contribution in [2.24, 2.45) is 0 Å². The third-order valence-electron chi connectivity index (χ3n) is 4.85. The van der Waals surface area contributed by atoms with Crippen molar-refractivity contribution in [2.75, 3.05) is 18.0 Å². The van der Waals surface area contributed by atoms with Crippen LogP contribution in [0.3, 0.4) is 0 Å². The predicted molar refractivity (Wildman–Crippen MR) is 101 cm³/mol. The molecule has 0 saturated carbocycles. The molecule has 0 bridgehead atoms. The van der Waals surface area contributed by atoms with Crippen molar-refractivity contribution >= 4 is 23.6 Å². The van der Waals surface area contributed by atoms with Crippen LogP contribution in [0, 0.1) is 5.82 Å². The lowest BCUT2D eigenvalue weighted by molar-refractivity contribution is -0.145. The van der Waals surface area contributed by atoms with E-state index in [0.29, 0.717) is 24.3 Å². The molecule has 1 aliphatic rings. The van der Waals surface area contributed by atoms with Crippen LogP contribution in [0.2, 0.25) is 0 Å². The summed E-state index contributed by atoms with van der Waals surface area (Å²) in [5, 5.41) is 14.9. The van der Waals surface area contributed by atoms with Gasteiger partial charge < -0.3 is 15.7 Å². The number of rotatable bonds is 6. The Hall–Kier alpha value is -3.42. The van der Waals surface area contributed by atoms with Crippen molar-refractivity contribution in [2.45, 2.75) is 18.9 Å². The highest BCUT2D eigenvalue weighted by molar-refractivity contribution is 6.01. The summed E-state index contributed by atoms with van der Waals surface area (Å²) in [6, 6.07) is 11.7. The Bertz CT molecular complexity index is 919. The molecule has 0 aromatic heterocycles. The number of carbonyl (C=O) groups excluding carboxylic acids is 2. The predicted octanol–water partition coefficient (Wildman–Crippen LogP) is 2.48. The monoisotopic (exact) mass is 385 g/mol. The second-order valence-corrected chi connectivity index (χ2v) is 6.43. The average Bonchev–Trinajstić information content (AvgIpc) is 3.12. The van der Waals surface area contributed by atoms with E-state index in [9.17, 15) is 23.9 Å². The minimum absolute atomic E-state index is 0.0634. The van der Waals surface area contributed by atoms with Gasteiger partial charge in [-0.25, -0.2) is 14.0 Å². The van der Waals surface area contributed by atoms with Crippen LogP contribution in [-0.2, 0) is 10.3 Å². The summed E-state index contributed by atoms with van der Waals surface area (Å²) in [6.07, 6.45) is 0.0634. The minimum Gasteiger partial charge on any atom is -0.479 e. The van der Waals surface area contributed by atoms with E-state index in [2.05, 4.69) is 10.6 Å². The normalized spacial score (nSPS) is 15.6. The summed E-state index contributed by atoms with van der Waals surface area (Å²) in [5.41, 5.74) is -1.29. The van der Waals surface area contributed by atoms with Crippen molar-refractivity contribution in [3.05, 3.63) is 65.5 Å². The number of anilines is 1. The minimum atomic E-state index is -1.70. The highest BCUT2D eigenvalue weighted by Gasteiger charge is 2.41. The van der Waals surface area contributed by atoms with Gasteiger partial charge in [0.2, 0.25) is 0 Å². The van der Waals surface area contributed by atoms with Crippen molar-refractivity contribution in [1.82, 2.24) is 10.6 Å². The molecule has 1 fully saturated rings. The van der Waals surface area contributed by atoms with E-state index in [1.165, 1.54) is 17.0 Å². The molecule has 2 aromatic carbocycles. The van der Waals surface area contributed by atoms with Gasteiger partial charge >= 0.3 is 12.0 Å². The lowest BCUT2D eigenvalue weighted by Crippen LogP contribution is -2.51. The molecule has 1 atom stereocenters. The molecule has 0 radical (unpaired) electrons. The van der Waals surface area contributed by atoms with Crippen molar-refractivity contribution < 1.29 is 23.9 Å². The Morgan fingerprint density at radius 1 is 1.25 bits per heavy atom. The average molecular weight is 385 g/mol. The number of hydrogen-bond acceptors (Lipinski definition) is 3. The number of nitrogens with one attached hydrogen (secondary N) is 2. The zero-order valence-electron chi connectivity index (χ0n) is 15.2. The fraction of sp³-hybridized carbons (Fsp3) is 0.250. The Kier molecular flexibility index (Phi) is 5.30.